The molecule has 0 saturated heterocycles. The third-order valence-corrected chi connectivity index (χ3v) is 3.38. The molecule has 1 heterocycles. The molecule has 0 bridgehead atoms. The maximum absolute atomic E-state index is 11.9. The average molecular weight is 330 g/mol. The second kappa shape index (κ2) is 6.99. The molecule has 0 saturated carbocycles. The Balaban J connectivity index is 1.84. The summed E-state index contributed by atoms with van der Waals surface area (Å²) in [6.07, 6.45) is -3.85. The molecule has 0 atom stereocenters. The summed E-state index contributed by atoms with van der Waals surface area (Å²) in [4.78, 5) is 24.8. The predicted molar refractivity (Wildman–Crippen MR) is 78.3 cm³/mol. The van der Waals surface area contributed by atoms with E-state index in [-0.39, 0.29) is 18.9 Å². The van der Waals surface area contributed by atoms with Crippen molar-refractivity contribution in [3.8, 4) is 0 Å². The Morgan fingerprint density at radius 2 is 2.09 bits per heavy atom. The van der Waals surface area contributed by atoms with Crippen molar-refractivity contribution in [2.75, 3.05) is 30.0 Å². The summed E-state index contributed by atoms with van der Waals surface area (Å²) in [5, 5.41) is 2.61. The zero-order valence-electron chi connectivity index (χ0n) is 12.6. The van der Waals surface area contributed by atoms with Crippen LogP contribution in [0.5, 0.6) is 0 Å². The number of alkyl halides is 3. The van der Waals surface area contributed by atoms with Crippen LogP contribution in [0.15, 0.2) is 18.2 Å². The summed E-state index contributed by atoms with van der Waals surface area (Å²) in [6.45, 7) is 0.438. The molecular weight excluding hydrogens is 313 g/mol. The van der Waals surface area contributed by atoms with E-state index in [2.05, 4.69) is 10.1 Å². The van der Waals surface area contributed by atoms with Crippen LogP contribution >= 0.6 is 0 Å². The lowest BCUT2D eigenvalue weighted by molar-refractivity contribution is -0.174. The summed E-state index contributed by atoms with van der Waals surface area (Å²) >= 11 is 0. The van der Waals surface area contributed by atoms with Gasteiger partial charge in [-0.15, -0.1) is 0 Å². The van der Waals surface area contributed by atoms with Gasteiger partial charge in [0.2, 0.25) is 11.8 Å². The first-order valence-corrected chi connectivity index (χ1v) is 7.11. The van der Waals surface area contributed by atoms with Crippen molar-refractivity contribution in [1.29, 1.82) is 0 Å². The first-order valence-electron chi connectivity index (χ1n) is 7.11. The second-order valence-electron chi connectivity index (χ2n) is 5.23. The van der Waals surface area contributed by atoms with Gasteiger partial charge in [0, 0.05) is 24.8 Å². The number of hydrogen-bond acceptors (Lipinski definition) is 3. The van der Waals surface area contributed by atoms with E-state index in [0.717, 1.165) is 11.3 Å². The fourth-order valence-electron chi connectivity index (χ4n) is 2.38. The maximum atomic E-state index is 11.9. The molecule has 0 fully saturated rings. The number of nitrogens with zero attached hydrogens (tertiary/aromatic N) is 1. The Morgan fingerprint density at radius 3 is 2.74 bits per heavy atom. The standard InChI is InChI=1S/C15H17F3N2O3/c1-10(21)20-6-4-11-8-12(2-3-13(11)20)19-14(22)5-7-23-9-15(16,17)18/h2-3,8H,4-7,9H2,1H3,(H,19,22). The van der Waals surface area contributed by atoms with E-state index in [4.69, 9.17) is 0 Å². The quantitative estimate of drug-likeness (QED) is 0.844. The van der Waals surface area contributed by atoms with E-state index in [0.29, 0.717) is 18.7 Å². The zero-order chi connectivity index (χ0) is 17.0. The van der Waals surface area contributed by atoms with Crippen LogP contribution in [0, 0.1) is 0 Å². The summed E-state index contributed by atoms with van der Waals surface area (Å²) in [6, 6.07) is 5.18. The van der Waals surface area contributed by atoms with Crippen molar-refractivity contribution < 1.29 is 27.5 Å². The maximum Gasteiger partial charge on any atom is 0.411 e. The molecule has 0 unspecified atom stereocenters. The number of ether oxygens (including phenoxy) is 1. The van der Waals surface area contributed by atoms with Gasteiger partial charge in [-0.05, 0) is 30.2 Å². The first kappa shape index (κ1) is 17.3. The number of benzene rings is 1. The van der Waals surface area contributed by atoms with Crippen molar-refractivity contribution in [1.82, 2.24) is 0 Å². The number of carbonyl (C=O) groups excluding carboxylic acids is 2. The molecular formula is C15H17F3N2O3. The van der Waals surface area contributed by atoms with Gasteiger partial charge in [0.15, 0.2) is 0 Å². The second-order valence-corrected chi connectivity index (χ2v) is 5.23. The molecule has 0 aliphatic carbocycles. The predicted octanol–water partition coefficient (Wildman–Crippen LogP) is 2.50. The van der Waals surface area contributed by atoms with Gasteiger partial charge in [0.1, 0.15) is 6.61 Å². The van der Waals surface area contributed by atoms with Gasteiger partial charge in [-0.1, -0.05) is 0 Å². The van der Waals surface area contributed by atoms with Gasteiger partial charge in [0.05, 0.1) is 13.0 Å². The molecule has 1 aromatic rings. The number of amides is 2. The lowest BCUT2D eigenvalue weighted by Crippen LogP contribution is -2.25. The highest BCUT2D eigenvalue weighted by atomic mass is 19.4. The van der Waals surface area contributed by atoms with Gasteiger partial charge < -0.3 is 15.0 Å². The minimum atomic E-state index is -4.39. The molecule has 0 spiro atoms. The largest absolute Gasteiger partial charge is 0.411 e. The highest BCUT2D eigenvalue weighted by molar-refractivity contribution is 5.95. The summed E-state index contributed by atoms with van der Waals surface area (Å²) in [5.74, 6) is -0.462. The van der Waals surface area contributed by atoms with E-state index < -0.39 is 18.7 Å². The SMILES string of the molecule is CC(=O)N1CCc2cc(NC(=O)CCOCC(F)(F)F)ccc21. The molecule has 2 rings (SSSR count). The molecule has 1 aromatic carbocycles. The van der Waals surface area contributed by atoms with Crippen molar-refractivity contribution >= 4 is 23.2 Å². The van der Waals surface area contributed by atoms with E-state index in [1.54, 1.807) is 23.1 Å². The molecule has 23 heavy (non-hydrogen) atoms. The Bertz CT molecular complexity index is 602. The van der Waals surface area contributed by atoms with Crippen molar-refractivity contribution in [2.24, 2.45) is 0 Å². The minimum absolute atomic E-state index is 0.0395. The van der Waals surface area contributed by atoms with E-state index in [1.165, 1.54) is 6.92 Å². The average Bonchev–Trinajstić information content (AvgIpc) is 2.86. The van der Waals surface area contributed by atoms with Crippen LogP contribution in [0.3, 0.4) is 0 Å². The van der Waals surface area contributed by atoms with Crippen LogP contribution in [0.4, 0.5) is 24.5 Å². The molecule has 5 nitrogen and oxygen atoms in total. The summed E-state index contributed by atoms with van der Waals surface area (Å²) < 4.78 is 40.1. The van der Waals surface area contributed by atoms with Crippen LogP contribution in [0.2, 0.25) is 0 Å². The number of rotatable bonds is 5. The van der Waals surface area contributed by atoms with Gasteiger partial charge in [-0.25, -0.2) is 0 Å². The van der Waals surface area contributed by atoms with Gasteiger partial charge in [0.25, 0.3) is 0 Å². The molecule has 0 radical (unpaired) electrons. The smallest absolute Gasteiger partial charge is 0.372 e. The van der Waals surface area contributed by atoms with E-state index >= 15 is 0 Å². The highest BCUT2D eigenvalue weighted by Gasteiger charge is 2.27. The van der Waals surface area contributed by atoms with Gasteiger partial charge in [-0.2, -0.15) is 13.2 Å². The van der Waals surface area contributed by atoms with Gasteiger partial charge >= 0.3 is 6.18 Å². The Kier molecular flexibility index (Phi) is 5.25. The summed E-state index contributed by atoms with van der Waals surface area (Å²) in [5.41, 5.74) is 2.32. The van der Waals surface area contributed by atoms with Crippen molar-refractivity contribution in [2.45, 2.75) is 25.9 Å². The number of halogens is 3. The number of hydrogen-bond donors (Lipinski definition) is 1. The number of nitrogens with one attached hydrogen (secondary N) is 1. The normalized spacial score (nSPS) is 13.8. The van der Waals surface area contributed by atoms with E-state index in [9.17, 15) is 22.8 Å². The Hall–Kier alpha value is -2.09. The molecule has 0 aromatic heterocycles. The molecule has 1 aliphatic rings. The number of carbonyl (C=O) groups is 2. The minimum Gasteiger partial charge on any atom is -0.372 e. The highest BCUT2D eigenvalue weighted by Crippen LogP contribution is 2.30. The van der Waals surface area contributed by atoms with Crippen LogP contribution in [0.1, 0.15) is 18.9 Å². The fraction of sp³-hybridized carbons (Fsp3) is 0.467. The summed E-state index contributed by atoms with van der Waals surface area (Å²) in [7, 11) is 0. The van der Waals surface area contributed by atoms with Crippen LogP contribution < -0.4 is 10.2 Å². The Morgan fingerprint density at radius 1 is 1.35 bits per heavy atom. The third kappa shape index (κ3) is 4.95. The number of fused-ring (bicyclic) bond motifs is 1. The lowest BCUT2D eigenvalue weighted by atomic mass is 10.1. The molecule has 126 valence electrons. The zero-order valence-corrected chi connectivity index (χ0v) is 12.6. The Labute approximate surface area is 131 Å². The molecule has 2 amide bonds. The monoisotopic (exact) mass is 330 g/mol. The van der Waals surface area contributed by atoms with Crippen molar-refractivity contribution in [3.05, 3.63) is 23.8 Å². The lowest BCUT2D eigenvalue weighted by Gasteiger charge is -2.15. The topological polar surface area (TPSA) is 58.6 Å². The third-order valence-electron chi connectivity index (χ3n) is 3.38. The number of anilines is 2. The first-order chi connectivity index (χ1) is 10.8. The van der Waals surface area contributed by atoms with Gasteiger partial charge in [-0.3, -0.25) is 9.59 Å². The van der Waals surface area contributed by atoms with Crippen molar-refractivity contribution in [3.63, 3.8) is 0 Å². The molecule has 8 heteroatoms. The van der Waals surface area contributed by atoms with Crippen LogP contribution in [-0.2, 0) is 20.7 Å². The van der Waals surface area contributed by atoms with Crippen LogP contribution in [-0.4, -0.2) is 37.7 Å². The van der Waals surface area contributed by atoms with Crippen LogP contribution in [0.25, 0.3) is 0 Å². The fourth-order valence-corrected chi connectivity index (χ4v) is 2.38. The van der Waals surface area contributed by atoms with E-state index in [1.807, 2.05) is 0 Å². The molecule has 1 N–H and O–H groups in total. The molecule has 1 aliphatic heterocycles.